The van der Waals surface area contributed by atoms with Gasteiger partial charge in [-0.15, -0.1) is 0 Å². The summed E-state index contributed by atoms with van der Waals surface area (Å²) in [5, 5.41) is 0. The van der Waals surface area contributed by atoms with Gasteiger partial charge in [0.2, 0.25) is 10.0 Å². The molecule has 24 heavy (non-hydrogen) atoms. The Morgan fingerprint density at radius 1 is 0.958 bits per heavy atom. The molecule has 1 aliphatic rings. The zero-order chi connectivity index (χ0) is 17.0. The molecular weight excluding hydrogens is 318 g/mol. The predicted molar refractivity (Wildman–Crippen MR) is 97.4 cm³/mol. The molecule has 0 spiro atoms. The Bertz CT molecular complexity index is 763. The molecule has 128 valence electrons. The molecule has 0 aromatic heterocycles. The standard InChI is InChI=1S/C20H25NO2S/c1-17-7-5-6-10-20(17)24(22,23)21-15-13-19(14-16-21)12-11-18-8-3-2-4-9-18/h2-10,19H,11-16H2,1H3. The van der Waals surface area contributed by atoms with Gasteiger partial charge >= 0.3 is 0 Å². The molecule has 3 rings (SSSR count). The average molecular weight is 343 g/mol. The highest BCUT2D eigenvalue weighted by Crippen LogP contribution is 2.27. The van der Waals surface area contributed by atoms with Crippen LogP contribution in [0.25, 0.3) is 0 Å². The fraction of sp³-hybridized carbons (Fsp3) is 0.400. The van der Waals surface area contributed by atoms with Crippen LogP contribution in [0.1, 0.15) is 30.4 Å². The first-order chi connectivity index (χ1) is 11.6. The van der Waals surface area contributed by atoms with Gasteiger partial charge in [0.15, 0.2) is 0 Å². The molecule has 0 saturated carbocycles. The molecule has 0 unspecified atom stereocenters. The average Bonchev–Trinajstić information content (AvgIpc) is 2.61. The summed E-state index contributed by atoms with van der Waals surface area (Å²) in [6.07, 6.45) is 4.13. The summed E-state index contributed by atoms with van der Waals surface area (Å²) in [7, 11) is -3.35. The van der Waals surface area contributed by atoms with Crippen molar-refractivity contribution < 1.29 is 8.42 Å². The third-order valence-corrected chi connectivity index (χ3v) is 7.03. The third kappa shape index (κ3) is 3.87. The van der Waals surface area contributed by atoms with Crippen molar-refractivity contribution >= 4 is 10.0 Å². The summed E-state index contributed by atoms with van der Waals surface area (Å²) in [6, 6.07) is 17.8. The number of piperidine rings is 1. The summed E-state index contributed by atoms with van der Waals surface area (Å²) in [4.78, 5) is 0.452. The first-order valence-electron chi connectivity index (χ1n) is 8.67. The Balaban J connectivity index is 1.58. The van der Waals surface area contributed by atoms with Crippen molar-refractivity contribution in [1.82, 2.24) is 4.31 Å². The molecular formula is C20H25NO2S. The van der Waals surface area contributed by atoms with E-state index in [0.29, 0.717) is 23.9 Å². The number of aryl methyl sites for hydroxylation is 2. The van der Waals surface area contributed by atoms with E-state index in [4.69, 9.17) is 0 Å². The van der Waals surface area contributed by atoms with E-state index < -0.39 is 10.0 Å². The van der Waals surface area contributed by atoms with Crippen molar-refractivity contribution in [2.75, 3.05) is 13.1 Å². The van der Waals surface area contributed by atoms with Crippen LogP contribution in [0.15, 0.2) is 59.5 Å². The molecule has 3 nitrogen and oxygen atoms in total. The smallest absolute Gasteiger partial charge is 0.207 e. The third-order valence-electron chi connectivity index (χ3n) is 4.97. The molecule has 0 radical (unpaired) electrons. The van der Waals surface area contributed by atoms with Crippen LogP contribution in [-0.4, -0.2) is 25.8 Å². The SMILES string of the molecule is Cc1ccccc1S(=O)(=O)N1CCC(CCc2ccccc2)CC1. The van der Waals surface area contributed by atoms with Crippen LogP contribution in [-0.2, 0) is 16.4 Å². The summed E-state index contributed by atoms with van der Waals surface area (Å²) >= 11 is 0. The molecule has 4 heteroatoms. The first-order valence-corrected chi connectivity index (χ1v) is 10.1. The number of hydrogen-bond donors (Lipinski definition) is 0. The zero-order valence-corrected chi connectivity index (χ0v) is 15.0. The Labute approximate surface area is 145 Å². The van der Waals surface area contributed by atoms with Crippen molar-refractivity contribution in [2.24, 2.45) is 5.92 Å². The second kappa shape index (κ2) is 7.49. The molecule has 1 heterocycles. The van der Waals surface area contributed by atoms with Crippen molar-refractivity contribution in [2.45, 2.75) is 37.5 Å². The number of sulfonamides is 1. The van der Waals surface area contributed by atoms with Crippen molar-refractivity contribution in [3.63, 3.8) is 0 Å². The van der Waals surface area contributed by atoms with Gasteiger partial charge in [0.25, 0.3) is 0 Å². The van der Waals surface area contributed by atoms with Crippen LogP contribution < -0.4 is 0 Å². The van der Waals surface area contributed by atoms with E-state index in [1.165, 1.54) is 5.56 Å². The molecule has 1 saturated heterocycles. The lowest BCUT2D eigenvalue weighted by molar-refractivity contribution is 0.263. The van der Waals surface area contributed by atoms with E-state index in [1.54, 1.807) is 16.4 Å². The fourth-order valence-corrected chi connectivity index (χ4v) is 5.13. The van der Waals surface area contributed by atoms with Gasteiger partial charge in [0.1, 0.15) is 0 Å². The van der Waals surface area contributed by atoms with Gasteiger partial charge in [0.05, 0.1) is 4.90 Å². The maximum Gasteiger partial charge on any atom is 0.243 e. The zero-order valence-electron chi connectivity index (χ0n) is 14.2. The molecule has 2 aromatic carbocycles. The molecule has 1 aliphatic heterocycles. The van der Waals surface area contributed by atoms with E-state index in [9.17, 15) is 8.42 Å². The quantitative estimate of drug-likeness (QED) is 0.822. The number of benzene rings is 2. The topological polar surface area (TPSA) is 37.4 Å². The predicted octanol–water partition coefficient (Wildman–Crippen LogP) is 4.03. The number of nitrogens with zero attached hydrogens (tertiary/aromatic N) is 1. The number of rotatable bonds is 5. The van der Waals surface area contributed by atoms with E-state index in [1.807, 2.05) is 25.1 Å². The molecule has 0 atom stereocenters. The van der Waals surface area contributed by atoms with Gasteiger partial charge < -0.3 is 0 Å². The van der Waals surface area contributed by atoms with Gasteiger partial charge in [-0.05, 0) is 55.7 Å². The minimum atomic E-state index is -3.35. The molecule has 0 aliphatic carbocycles. The maximum atomic E-state index is 12.8. The molecule has 1 fully saturated rings. The minimum Gasteiger partial charge on any atom is -0.207 e. The van der Waals surface area contributed by atoms with Gasteiger partial charge in [-0.3, -0.25) is 0 Å². The number of hydrogen-bond acceptors (Lipinski definition) is 2. The van der Waals surface area contributed by atoms with Crippen LogP contribution in [0.4, 0.5) is 0 Å². The lowest BCUT2D eigenvalue weighted by atomic mass is 9.91. The lowest BCUT2D eigenvalue weighted by Gasteiger charge is -2.31. The van der Waals surface area contributed by atoms with Crippen molar-refractivity contribution in [3.8, 4) is 0 Å². The van der Waals surface area contributed by atoms with E-state index in [0.717, 1.165) is 31.2 Å². The van der Waals surface area contributed by atoms with E-state index in [2.05, 4.69) is 24.3 Å². The molecule has 0 N–H and O–H groups in total. The van der Waals surface area contributed by atoms with E-state index >= 15 is 0 Å². The van der Waals surface area contributed by atoms with Crippen molar-refractivity contribution in [1.29, 1.82) is 0 Å². The summed E-state index contributed by atoms with van der Waals surface area (Å²) in [5.74, 6) is 0.619. The minimum absolute atomic E-state index is 0.452. The highest BCUT2D eigenvalue weighted by Gasteiger charge is 2.29. The van der Waals surface area contributed by atoms with Gasteiger partial charge in [0, 0.05) is 13.1 Å². The summed E-state index contributed by atoms with van der Waals surface area (Å²) < 4.78 is 27.3. The van der Waals surface area contributed by atoms with E-state index in [-0.39, 0.29) is 0 Å². The van der Waals surface area contributed by atoms with Crippen LogP contribution in [0, 0.1) is 12.8 Å². The maximum absolute atomic E-state index is 12.8. The monoisotopic (exact) mass is 343 g/mol. The summed E-state index contributed by atoms with van der Waals surface area (Å²) in [6.45, 7) is 3.13. The highest BCUT2D eigenvalue weighted by atomic mass is 32.2. The Morgan fingerprint density at radius 2 is 1.58 bits per heavy atom. The lowest BCUT2D eigenvalue weighted by Crippen LogP contribution is -2.38. The van der Waals surface area contributed by atoms with Crippen LogP contribution in [0.2, 0.25) is 0 Å². The molecule has 0 bridgehead atoms. The second-order valence-corrected chi connectivity index (χ2v) is 8.54. The fourth-order valence-electron chi connectivity index (χ4n) is 3.44. The first kappa shape index (κ1) is 17.2. The van der Waals surface area contributed by atoms with Gasteiger partial charge in [-0.2, -0.15) is 4.31 Å². The Morgan fingerprint density at radius 3 is 2.25 bits per heavy atom. The van der Waals surface area contributed by atoms with Crippen molar-refractivity contribution in [3.05, 3.63) is 65.7 Å². The van der Waals surface area contributed by atoms with Gasteiger partial charge in [-0.1, -0.05) is 48.5 Å². The normalized spacial score (nSPS) is 17.0. The Kier molecular flexibility index (Phi) is 5.36. The largest absolute Gasteiger partial charge is 0.243 e. The van der Waals surface area contributed by atoms with Crippen LogP contribution >= 0.6 is 0 Å². The van der Waals surface area contributed by atoms with Crippen LogP contribution in [0.3, 0.4) is 0 Å². The summed E-state index contributed by atoms with van der Waals surface area (Å²) in [5.41, 5.74) is 2.19. The van der Waals surface area contributed by atoms with Crippen LogP contribution in [0.5, 0.6) is 0 Å². The van der Waals surface area contributed by atoms with Gasteiger partial charge in [-0.25, -0.2) is 8.42 Å². The Hall–Kier alpha value is -1.65. The second-order valence-electron chi connectivity index (χ2n) is 6.64. The highest BCUT2D eigenvalue weighted by molar-refractivity contribution is 7.89. The molecule has 0 amide bonds. The molecule has 2 aromatic rings.